The van der Waals surface area contributed by atoms with Gasteiger partial charge in [0.1, 0.15) is 16.5 Å². The van der Waals surface area contributed by atoms with E-state index in [1.54, 1.807) is 6.92 Å². The molecule has 2 aromatic carbocycles. The molecular weight excluding hydrogens is 346 g/mol. The minimum absolute atomic E-state index is 0.0597. The van der Waals surface area contributed by atoms with Crippen LogP contribution in [-0.2, 0) is 0 Å². The van der Waals surface area contributed by atoms with Crippen molar-refractivity contribution in [2.45, 2.75) is 13.8 Å². The topological polar surface area (TPSA) is 52.4 Å². The molecule has 0 aliphatic rings. The molecule has 0 amide bonds. The van der Waals surface area contributed by atoms with Crippen molar-refractivity contribution in [3.05, 3.63) is 61.1 Å². The van der Waals surface area contributed by atoms with Crippen molar-refractivity contribution in [2.75, 3.05) is 0 Å². The lowest BCUT2D eigenvalue weighted by atomic mass is 10.2. The van der Waals surface area contributed by atoms with Crippen molar-refractivity contribution in [2.24, 2.45) is 0 Å². The number of aryl methyl sites for hydroxylation is 2. The van der Waals surface area contributed by atoms with Crippen LogP contribution >= 0.6 is 27.5 Å². The van der Waals surface area contributed by atoms with Gasteiger partial charge in [0.15, 0.2) is 0 Å². The largest absolute Gasteiger partial charge is 0.457 e. The molecule has 0 saturated carbocycles. The normalized spacial score (nSPS) is 10.4. The maximum Gasteiger partial charge on any atom is 0.288 e. The smallest absolute Gasteiger partial charge is 0.288 e. The zero-order valence-electron chi connectivity index (χ0n) is 10.8. The molecule has 0 aliphatic carbocycles. The third-order valence-corrected chi connectivity index (χ3v) is 3.99. The van der Waals surface area contributed by atoms with Crippen LogP contribution in [0.5, 0.6) is 11.5 Å². The van der Waals surface area contributed by atoms with E-state index in [2.05, 4.69) is 15.9 Å². The zero-order chi connectivity index (χ0) is 14.9. The standard InChI is InChI=1S/C14H11BrClNO3/c1-8-5-10(3-4-11(8)15)20-14-7-12(16)13(17(18)19)6-9(14)2/h3-7H,1-2H3. The lowest BCUT2D eigenvalue weighted by molar-refractivity contribution is -0.384. The number of nitrogens with zero attached hydrogens (tertiary/aromatic N) is 1. The summed E-state index contributed by atoms with van der Waals surface area (Å²) >= 11 is 9.30. The second-order valence-electron chi connectivity index (χ2n) is 4.34. The van der Waals surface area contributed by atoms with Crippen LogP contribution in [0.3, 0.4) is 0 Å². The van der Waals surface area contributed by atoms with Gasteiger partial charge in [-0.05, 0) is 43.2 Å². The molecule has 0 unspecified atom stereocenters. The third-order valence-electron chi connectivity index (χ3n) is 2.80. The molecule has 0 N–H and O–H groups in total. The first-order valence-corrected chi connectivity index (χ1v) is 6.94. The molecule has 2 rings (SSSR count). The van der Waals surface area contributed by atoms with Gasteiger partial charge in [0.2, 0.25) is 0 Å². The van der Waals surface area contributed by atoms with Crippen LogP contribution in [0.15, 0.2) is 34.8 Å². The number of hydrogen-bond acceptors (Lipinski definition) is 3. The summed E-state index contributed by atoms with van der Waals surface area (Å²) in [6, 6.07) is 8.44. The fraction of sp³-hybridized carbons (Fsp3) is 0.143. The van der Waals surface area contributed by atoms with Gasteiger partial charge in [0.25, 0.3) is 5.69 Å². The van der Waals surface area contributed by atoms with Gasteiger partial charge in [-0.2, -0.15) is 0 Å². The van der Waals surface area contributed by atoms with E-state index in [0.717, 1.165) is 10.0 Å². The Morgan fingerprint density at radius 3 is 2.50 bits per heavy atom. The van der Waals surface area contributed by atoms with Gasteiger partial charge in [-0.1, -0.05) is 27.5 Å². The van der Waals surface area contributed by atoms with Crippen LogP contribution in [0.25, 0.3) is 0 Å². The summed E-state index contributed by atoms with van der Waals surface area (Å²) in [7, 11) is 0. The summed E-state index contributed by atoms with van der Waals surface area (Å²) < 4.78 is 6.72. The average Bonchev–Trinajstić information content (AvgIpc) is 2.37. The molecule has 104 valence electrons. The van der Waals surface area contributed by atoms with E-state index >= 15 is 0 Å². The molecule has 0 aromatic heterocycles. The first kappa shape index (κ1) is 14.8. The van der Waals surface area contributed by atoms with Crippen LogP contribution in [0.4, 0.5) is 5.69 Å². The number of benzene rings is 2. The van der Waals surface area contributed by atoms with E-state index in [0.29, 0.717) is 17.1 Å². The van der Waals surface area contributed by atoms with Gasteiger partial charge >= 0.3 is 0 Å². The highest BCUT2D eigenvalue weighted by Gasteiger charge is 2.16. The molecule has 0 spiro atoms. The Morgan fingerprint density at radius 1 is 1.20 bits per heavy atom. The van der Waals surface area contributed by atoms with Crippen molar-refractivity contribution in [1.29, 1.82) is 0 Å². The van der Waals surface area contributed by atoms with E-state index in [-0.39, 0.29) is 10.7 Å². The zero-order valence-corrected chi connectivity index (χ0v) is 13.2. The Balaban J connectivity index is 2.36. The Kier molecular flexibility index (Phi) is 4.30. The van der Waals surface area contributed by atoms with Crippen LogP contribution in [0.1, 0.15) is 11.1 Å². The maximum atomic E-state index is 10.8. The van der Waals surface area contributed by atoms with Gasteiger partial charge in [-0.3, -0.25) is 10.1 Å². The quantitative estimate of drug-likeness (QED) is 0.545. The Bertz CT molecular complexity index is 688. The summed E-state index contributed by atoms with van der Waals surface area (Å²) in [6.07, 6.45) is 0. The predicted octanol–water partition coefficient (Wildman–Crippen LogP) is 5.42. The van der Waals surface area contributed by atoms with Gasteiger partial charge in [-0.25, -0.2) is 0 Å². The fourth-order valence-corrected chi connectivity index (χ4v) is 2.17. The van der Waals surface area contributed by atoms with Crippen molar-refractivity contribution in [3.63, 3.8) is 0 Å². The number of ether oxygens (including phenoxy) is 1. The minimum Gasteiger partial charge on any atom is -0.457 e. The van der Waals surface area contributed by atoms with Crippen LogP contribution < -0.4 is 4.74 Å². The lowest BCUT2D eigenvalue weighted by Crippen LogP contribution is -1.93. The van der Waals surface area contributed by atoms with Crippen LogP contribution in [0.2, 0.25) is 5.02 Å². The van der Waals surface area contributed by atoms with E-state index in [1.165, 1.54) is 12.1 Å². The van der Waals surface area contributed by atoms with Gasteiger partial charge < -0.3 is 4.74 Å². The number of hydrogen-bond donors (Lipinski definition) is 0. The molecule has 0 bridgehead atoms. The van der Waals surface area contributed by atoms with Crippen molar-refractivity contribution in [3.8, 4) is 11.5 Å². The first-order chi connectivity index (χ1) is 9.38. The van der Waals surface area contributed by atoms with Gasteiger partial charge in [-0.15, -0.1) is 0 Å². The molecule has 4 nitrogen and oxygen atoms in total. The Morgan fingerprint density at radius 2 is 1.90 bits per heavy atom. The lowest BCUT2D eigenvalue weighted by Gasteiger charge is -2.10. The second-order valence-corrected chi connectivity index (χ2v) is 5.60. The molecule has 6 heteroatoms. The SMILES string of the molecule is Cc1cc(Oc2cc(Cl)c([N+](=O)[O-])cc2C)ccc1Br. The Labute approximate surface area is 129 Å². The van der Waals surface area contributed by atoms with Gasteiger partial charge in [0, 0.05) is 16.6 Å². The van der Waals surface area contributed by atoms with E-state index in [1.807, 2.05) is 25.1 Å². The number of halogens is 2. The fourth-order valence-electron chi connectivity index (χ4n) is 1.71. The molecular formula is C14H11BrClNO3. The van der Waals surface area contributed by atoms with Gasteiger partial charge in [0.05, 0.1) is 4.92 Å². The van der Waals surface area contributed by atoms with Crippen molar-refractivity contribution >= 4 is 33.2 Å². The molecule has 2 aromatic rings. The summed E-state index contributed by atoms with van der Waals surface area (Å²) in [4.78, 5) is 10.3. The minimum atomic E-state index is -0.511. The third kappa shape index (κ3) is 3.11. The first-order valence-electron chi connectivity index (χ1n) is 5.77. The number of rotatable bonds is 3. The van der Waals surface area contributed by atoms with Crippen LogP contribution in [-0.4, -0.2) is 4.92 Å². The maximum absolute atomic E-state index is 10.8. The molecule has 0 atom stereocenters. The highest BCUT2D eigenvalue weighted by atomic mass is 79.9. The summed E-state index contributed by atoms with van der Waals surface area (Å²) in [5.74, 6) is 1.15. The molecule has 20 heavy (non-hydrogen) atoms. The van der Waals surface area contributed by atoms with E-state index < -0.39 is 4.92 Å². The summed E-state index contributed by atoms with van der Waals surface area (Å²) in [5, 5.41) is 10.9. The highest BCUT2D eigenvalue weighted by Crippen LogP contribution is 2.35. The molecule has 0 heterocycles. The highest BCUT2D eigenvalue weighted by molar-refractivity contribution is 9.10. The summed E-state index contributed by atoms with van der Waals surface area (Å²) in [5.41, 5.74) is 1.57. The number of nitro groups is 1. The summed E-state index contributed by atoms with van der Waals surface area (Å²) in [6.45, 7) is 3.69. The van der Waals surface area contributed by atoms with E-state index in [9.17, 15) is 10.1 Å². The molecule has 0 radical (unpaired) electrons. The van der Waals surface area contributed by atoms with Crippen molar-refractivity contribution in [1.82, 2.24) is 0 Å². The predicted molar refractivity (Wildman–Crippen MR) is 81.8 cm³/mol. The molecule has 0 saturated heterocycles. The van der Waals surface area contributed by atoms with E-state index in [4.69, 9.17) is 16.3 Å². The Hall–Kier alpha value is -1.59. The molecule has 0 fully saturated rings. The van der Waals surface area contributed by atoms with Crippen LogP contribution in [0, 0.1) is 24.0 Å². The molecule has 0 aliphatic heterocycles. The second kappa shape index (κ2) is 5.81. The number of nitro benzene ring substituents is 1. The average molecular weight is 357 g/mol. The monoisotopic (exact) mass is 355 g/mol. The van der Waals surface area contributed by atoms with Crippen molar-refractivity contribution < 1.29 is 9.66 Å².